The van der Waals surface area contributed by atoms with Crippen LogP contribution in [0.15, 0.2) is 24.8 Å². The van der Waals surface area contributed by atoms with Gasteiger partial charge in [0.05, 0.1) is 25.0 Å². The molecule has 14 N–H and O–H groups in total. The van der Waals surface area contributed by atoms with E-state index in [0.29, 0.717) is 78.9 Å². The van der Waals surface area contributed by atoms with E-state index in [2.05, 4.69) is 82.4 Å². The molecule has 0 atom stereocenters. The Balaban J connectivity index is 0.000000401. The van der Waals surface area contributed by atoms with E-state index >= 15 is 0 Å². The van der Waals surface area contributed by atoms with Crippen LogP contribution in [0.1, 0.15) is 269 Å². The highest BCUT2D eigenvalue weighted by Gasteiger charge is 2.31. The average molecular weight is 1880 g/mol. The first-order valence-corrected chi connectivity index (χ1v) is 45.5. The Bertz CT molecular complexity index is 3830. The van der Waals surface area contributed by atoms with Crippen molar-refractivity contribution >= 4 is 141 Å². The van der Waals surface area contributed by atoms with Gasteiger partial charge in [0.15, 0.2) is 0 Å². The number of halogens is 6. The minimum atomic E-state index is -0.682. The highest BCUT2D eigenvalue weighted by molar-refractivity contribution is 6.40. The van der Waals surface area contributed by atoms with Crippen molar-refractivity contribution in [2.75, 3.05) is 77.7 Å². The van der Waals surface area contributed by atoms with Crippen molar-refractivity contribution < 1.29 is 48.3 Å². The molecule has 43 heteroatoms. The number of nitrogens with two attached hydrogens (primary N) is 3. The molecule has 0 aromatic carbocycles. The maximum Gasteiger partial charge on any atom is 0.407 e. The number of hydrogen-bond acceptors (Lipinski definition) is 30. The molecule has 4 heterocycles. The maximum atomic E-state index is 12.0. The van der Waals surface area contributed by atoms with E-state index in [9.17, 15) is 54.8 Å². The predicted molar refractivity (Wildman–Crippen MR) is 496 cm³/mol. The summed E-state index contributed by atoms with van der Waals surface area (Å²) in [6, 6.07) is 0.747. The summed E-state index contributed by atoms with van der Waals surface area (Å²) in [5.74, 6) is 5.53. The fraction of sp³-hybridized carbons (Fsp3) is 0.768. The fourth-order valence-corrected chi connectivity index (χ4v) is 15.8. The molecule has 708 valence electrons. The summed E-state index contributed by atoms with van der Waals surface area (Å²) in [5.41, 5.74) is 14.9. The lowest BCUT2D eigenvalue weighted by Crippen LogP contribution is -2.41. The largest absolute Gasteiger partial charge is 0.444 e. The van der Waals surface area contributed by atoms with Crippen molar-refractivity contribution in [3.63, 3.8) is 0 Å². The molecule has 4 aromatic rings. The number of nitrogens with zero attached hydrogens (tertiary/aromatic N) is 12. The van der Waals surface area contributed by atoms with Gasteiger partial charge < -0.3 is 73.9 Å². The molecule has 11 rings (SSSR count). The quantitative estimate of drug-likeness (QED) is 0.00775. The summed E-state index contributed by atoms with van der Waals surface area (Å²) < 4.78 is 15.8. The second-order valence-electron chi connectivity index (χ2n) is 35.4. The topological polar surface area (TPSA) is 529 Å². The average Bonchev–Trinajstić information content (AvgIpc) is 0.837. The Morgan fingerprint density at radius 2 is 0.632 bits per heavy atom. The predicted octanol–water partition coefficient (Wildman–Crippen LogP) is 19.4. The summed E-state index contributed by atoms with van der Waals surface area (Å²) in [6.07, 6.45) is 38.6. The van der Waals surface area contributed by atoms with E-state index in [1.807, 2.05) is 62.3 Å². The molecule has 0 saturated heterocycles. The van der Waals surface area contributed by atoms with Gasteiger partial charge in [0, 0.05) is 56.9 Å². The zero-order valence-electron chi connectivity index (χ0n) is 73.3. The van der Waals surface area contributed by atoms with Crippen molar-refractivity contribution in [1.82, 2.24) is 55.8 Å². The number of ether oxygens (including phenoxy) is 3. The standard InChI is InChI=1S/C23H38N6O4.C18H30N6O2.C16H24ClN5O4.C12H24N2O2.C7H15N.C4HCl2N3O2.CH2Cl2.CH4.ClH/c1-23(2,3)33-22(30)27-18-11-9-17(10-12-18)13-24-20-19(29(31)32)15-26-21(28-20)25-14-16-7-5-4-6-8-16;19-15-8-6-14(7-9-15)10-20-17-16(24(25)26)12-22-18(23-17)21-11-13-4-2-1-3-5-13;1-16(2,3)26-15(23)20-11-6-4-10(5-7-11)8-18-13-12(22(24)25)9-19-14(17)21-13;1-12(2,3)16-11(15)14-10-6-4-9(8-13)5-7-10;8-6-7-4-2-1-3-5-7;5-3-2(9(10)11)1-7-4(6)8-3;2-1-3;;/h15-18H,4-14H2,1-3H3,(H,27,30)(H2,24,25,26,28);12-15H,1-11,19H2,(H2,20,21,22,23);9-11H,4-8H2,1-3H3,(H,20,23)(H,18,19,21);9-10H,4-8,13H2,1-3H3,(H,14,15);7H,1-6,8H2;1H;1H2;1H4;1H. The third kappa shape index (κ3) is 46.8. The number of rotatable bonds is 24. The molecule has 0 spiro atoms. The van der Waals surface area contributed by atoms with Crippen molar-refractivity contribution in [3.8, 4) is 0 Å². The number of alkyl carbamates (subject to hydrolysis) is 3. The van der Waals surface area contributed by atoms with Crippen LogP contribution in [0.2, 0.25) is 15.7 Å². The molecule has 7 aliphatic rings. The first-order chi connectivity index (χ1) is 58.3. The Labute approximate surface area is 767 Å². The van der Waals surface area contributed by atoms with Gasteiger partial charge in [-0.05, 0) is 281 Å². The van der Waals surface area contributed by atoms with Gasteiger partial charge in [0.1, 0.15) is 41.6 Å². The first kappa shape index (κ1) is 112. The lowest BCUT2D eigenvalue weighted by atomic mass is 9.86. The maximum absolute atomic E-state index is 12.0. The highest BCUT2D eigenvalue weighted by Crippen LogP contribution is 2.34. The number of aromatic nitrogens is 8. The fourth-order valence-electron chi connectivity index (χ4n) is 15.3. The van der Waals surface area contributed by atoms with Crippen LogP contribution in [0.3, 0.4) is 0 Å². The summed E-state index contributed by atoms with van der Waals surface area (Å²) in [5, 5.41) is 68.3. The number of carbonyl (C=O) groups excluding carboxylic acids is 3. The van der Waals surface area contributed by atoms with Gasteiger partial charge in [0.2, 0.25) is 45.1 Å². The van der Waals surface area contributed by atoms with Gasteiger partial charge >= 0.3 is 41.0 Å². The Morgan fingerprint density at radius 3 is 0.920 bits per heavy atom. The summed E-state index contributed by atoms with van der Waals surface area (Å²) >= 11 is 25.9. The summed E-state index contributed by atoms with van der Waals surface area (Å²) in [4.78, 5) is 108. The third-order valence-corrected chi connectivity index (χ3v) is 22.6. The highest BCUT2D eigenvalue weighted by atomic mass is 35.5. The van der Waals surface area contributed by atoms with Gasteiger partial charge in [-0.3, -0.25) is 40.5 Å². The molecule has 37 nitrogen and oxygen atoms in total. The monoisotopic (exact) mass is 1880 g/mol. The Kier molecular flexibility index (Phi) is 52.4. The lowest BCUT2D eigenvalue weighted by molar-refractivity contribution is -0.385. The molecule has 0 unspecified atom stereocenters. The third-order valence-electron chi connectivity index (χ3n) is 22.0. The van der Waals surface area contributed by atoms with E-state index in [-0.39, 0.29) is 106 Å². The van der Waals surface area contributed by atoms with Crippen LogP contribution < -0.4 is 59.7 Å². The number of anilines is 5. The molecule has 4 aromatic heterocycles. The smallest absolute Gasteiger partial charge is 0.407 e. The minimum Gasteiger partial charge on any atom is -0.444 e. The number of nitrogens with one attached hydrogen (secondary N) is 8. The molecular formula is C82H139Cl6N23O14. The molecule has 0 aliphatic heterocycles. The molecule has 7 aliphatic carbocycles. The van der Waals surface area contributed by atoms with Crippen LogP contribution in [0.5, 0.6) is 0 Å². The van der Waals surface area contributed by atoms with E-state index in [1.165, 1.54) is 109 Å². The van der Waals surface area contributed by atoms with Crippen LogP contribution >= 0.6 is 70.4 Å². The number of amides is 3. The molecule has 7 fully saturated rings. The number of hydrogen-bond donors (Lipinski definition) is 11. The SMILES string of the molecule is C.CC(C)(C)OC(=O)NC1CCC(CN)CC1.CC(C)(C)OC(=O)NC1CCC(CNc2nc(Cl)ncc2[N+](=O)[O-])CC1.CC(C)(C)OC(=O)NC1CCC(CNc2nc(NCC3CCCCC3)ncc2[N+](=O)[O-])CC1.Cl.ClCCl.NC1CCC(CNc2nc(NCC3CCCCC3)ncc2[N+](=O)[O-])CC1.NCC1CCCCC1.O=[N+]([O-])c1cnc(Cl)nc1Cl. The van der Waals surface area contributed by atoms with Gasteiger partial charge in [0.25, 0.3) is 0 Å². The zero-order valence-corrected chi connectivity index (χ0v) is 77.9. The first-order valence-electron chi connectivity index (χ1n) is 43.3. The molecule has 125 heavy (non-hydrogen) atoms. The number of alkyl halides is 2. The van der Waals surface area contributed by atoms with E-state index in [1.54, 1.807) is 0 Å². The van der Waals surface area contributed by atoms with Crippen molar-refractivity contribution in [1.29, 1.82) is 0 Å². The second kappa shape index (κ2) is 58.7. The van der Waals surface area contributed by atoms with Crippen LogP contribution in [0, 0.1) is 81.9 Å². The molecule has 3 amide bonds. The Morgan fingerprint density at radius 1 is 0.384 bits per heavy atom. The zero-order chi connectivity index (χ0) is 90.7. The van der Waals surface area contributed by atoms with Crippen LogP contribution in [0.25, 0.3) is 0 Å². The van der Waals surface area contributed by atoms with Crippen molar-refractivity contribution in [3.05, 3.63) is 81.0 Å². The molecule has 0 bridgehead atoms. The molecule has 7 saturated carbocycles. The van der Waals surface area contributed by atoms with Crippen LogP contribution in [0.4, 0.5) is 66.5 Å². The van der Waals surface area contributed by atoms with Gasteiger partial charge in [-0.15, -0.1) is 35.6 Å². The molecular weight excluding hydrogens is 1740 g/mol. The molecule has 0 radical (unpaired) electrons. The minimum absolute atomic E-state index is 0. The number of nitro groups is 4. The van der Waals surface area contributed by atoms with Gasteiger partial charge in [-0.1, -0.05) is 76.8 Å². The van der Waals surface area contributed by atoms with Crippen LogP contribution in [-0.4, -0.2) is 170 Å². The second-order valence-corrected chi connectivity index (χ2v) is 37.3. The van der Waals surface area contributed by atoms with E-state index < -0.39 is 42.6 Å². The normalized spacial score (nSPS) is 20.9. The van der Waals surface area contributed by atoms with Crippen LogP contribution in [-0.2, 0) is 14.2 Å². The van der Waals surface area contributed by atoms with Gasteiger partial charge in [-0.25, -0.2) is 34.3 Å². The van der Waals surface area contributed by atoms with Crippen molar-refractivity contribution in [2.24, 2.45) is 58.6 Å². The van der Waals surface area contributed by atoms with Crippen molar-refractivity contribution in [2.45, 2.75) is 310 Å². The van der Waals surface area contributed by atoms with E-state index in [0.717, 1.165) is 147 Å². The van der Waals surface area contributed by atoms with E-state index in [4.69, 9.17) is 89.4 Å². The summed E-state index contributed by atoms with van der Waals surface area (Å²) in [7, 11) is 0. The van der Waals surface area contributed by atoms with Gasteiger partial charge in [-0.2, -0.15) is 19.9 Å². The lowest BCUT2D eigenvalue weighted by Gasteiger charge is -2.30. The number of carbonyl (C=O) groups is 3. The Hall–Kier alpha value is -7.65. The summed E-state index contributed by atoms with van der Waals surface area (Å²) in [6.45, 7) is 21.8.